The summed E-state index contributed by atoms with van der Waals surface area (Å²) in [7, 11) is 0. The van der Waals surface area contributed by atoms with Crippen LogP contribution in [-0.2, 0) is 4.74 Å². The Bertz CT molecular complexity index is 474. The van der Waals surface area contributed by atoms with Crippen molar-refractivity contribution < 1.29 is 14.6 Å². The SMILES string of the molecule is CC(C)(C)OC(=O)N1CCC(c2ccncc2O)CC1. The van der Waals surface area contributed by atoms with Crippen molar-refractivity contribution in [3.05, 3.63) is 24.0 Å². The summed E-state index contributed by atoms with van der Waals surface area (Å²) < 4.78 is 5.37. The number of hydrogen-bond donors (Lipinski definition) is 1. The molecule has 0 aliphatic carbocycles. The van der Waals surface area contributed by atoms with Crippen LogP contribution in [0, 0.1) is 0 Å². The predicted molar refractivity (Wildman–Crippen MR) is 75.7 cm³/mol. The van der Waals surface area contributed by atoms with Crippen LogP contribution >= 0.6 is 0 Å². The molecule has 0 bridgehead atoms. The number of ether oxygens (including phenoxy) is 1. The lowest BCUT2D eigenvalue weighted by Crippen LogP contribution is -2.41. The summed E-state index contributed by atoms with van der Waals surface area (Å²) in [6.45, 7) is 6.91. The summed E-state index contributed by atoms with van der Waals surface area (Å²) in [4.78, 5) is 17.6. The average molecular weight is 278 g/mol. The Hall–Kier alpha value is -1.78. The van der Waals surface area contributed by atoms with Gasteiger partial charge in [0.15, 0.2) is 0 Å². The van der Waals surface area contributed by atoms with Gasteiger partial charge in [0.05, 0.1) is 6.20 Å². The first kappa shape index (κ1) is 14.6. The first-order valence-electron chi connectivity index (χ1n) is 6.97. The molecule has 2 rings (SSSR count). The summed E-state index contributed by atoms with van der Waals surface area (Å²) >= 11 is 0. The summed E-state index contributed by atoms with van der Waals surface area (Å²) in [6, 6.07) is 1.85. The Morgan fingerprint density at radius 1 is 1.40 bits per heavy atom. The molecule has 0 spiro atoms. The molecule has 1 saturated heterocycles. The zero-order valence-corrected chi connectivity index (χ0v) is 12.3. The zero-order chi connectivity index (χ0) is 14.8. The first-order chi connectivity index (χ1) is 9.37. The second-order valence-corrected chi connectivity index (χ2v) is 6.18. The van der Waals surface area contributed by atoms with Gasteiger partial charge in [0.1, 0.15) is 11.4 Å². The molecule has 1 aliphatic heterocycles. The van der Waals surface area contributed by atoms with Crippen molar-refractivity contribution in [2.24, 2.45) is 0 Å². The Balaban J connectivity index is 1.93. The number of pyridine rings is 1. The highest BCUT2D eigenvalue weighted by atomic mass is 16.6. The number of aromatic hydroxyl groups is 1. The molecule has 0 radical (unpaired) electrons. The Kier molecular flexibility index (Phi) is 4.16. The number of aromatic nitrogens is 1. The second-order valence-electron chi connectivity index (χ2n) is 6.18. The van der Waals surface area contributed by atoms with E-state index in [0.717, 1.165) is 18.4 Å². The van der Waals surface area contributed by atoms with Crippen molar-refractivity contribution in [3.63, 3.8) is 0 Å². The lowest BCUT2D eigenvalue weighted by Gasteiger charge is -2.33. The monoisotopic (exact) mass is 278 g/mol. The van der Waals surface area contributed by atoms with Gasteiger partial charge >= 0.3 is 6.09 Å². The van der Waals surface area contributed by atoms with Crippen LogP contribution in [-0.4, -0.2) is 39.8 Å². The average Bonchev–Trinajstić information content (AvgIpc) is 2.37. The van der Waals surface area contributed by atoms with Gasteiger partial charge in [0.25, 0.3) is 0 Å². The zero-order valence-electron chi connectivity index (χ0n) is 12.3. The quantitative estimate of drug-likeness (QED) is 0.858. The molecule has 1 aromatic heterocycles. The normalized spacial score (nSPS) is 17.1. The van der Waals surface area contributed by atoms with Crippen molar-refractivity contribution >= 4 is 6.09 Å². The molecule has 0 aromatic carbocycles. The van der Waals surface area contributed by atoms with E-state index in [9.17, 15) is 9.90 Å². The van der Waals surface area contributed by atoms with Gasteiger partial charge in [-0.25, -0.2) is 4.79 Å². The molecule has 1 aromatic rings. The Morgan fingerprint density at radius 2 is 2.05 bits per heavy atom. The van der Waals surface area contributed by atoms with Crippen molar-refractivity contribution in [2.45, 2.75) is 45.1 Å². The molecule has 5 nitrogen and oxygen atoms in total. The molecule has 1 aliphatic rings. The van der Waals surface area contributed by atoms with Gasteiger partial charge in [0, 0.05) is 24.8 Å². The van der Waals surface area contributed by atoms with Crippen LogP contribution in [0.4, 0.5) is 4.79 Å². The number of hydrogen-bond acceptors (Lipinski definition) is 4. The summed E-state index contributed by atoms with van der Waals surface area (Å²) in [5.74, 6) is 0.514. The summed E-state index contributed by atoms with van der Waals surface area (Å²) in [6.07, 6.45) is 4.56. The number of nitrogens with zero attached hydrogens (tertiary/aromatic N) is 2. The molecule has 1 N–H and O–H groups in total. The molecular weight excluding hydrogens is 256 g/mol. The van der Waals surface area contributed by atoms with Gasteiger partial charge in [-0.05, 0) is 45.6 Å². The molecule has 2 heterocycles. The van der Waals surface area contributed by atoms with Gasteiger partial charge < -0.3 is 14.7 Å². The minimum Gasteiger partial charge on any atom is -0.506 e. The summed E-state index contributed by atoms with van der Waals surface area (Å²) in [5.41, 5.74) is 0.459. The lowest BCUT2D eigenvalue weighted by atomic mass is 9.89. The first-order valence-corrected chi connectivity index (χ1v) is 6.97. The van der Waals surface area contributed by atoms with Gasteiger partial charge in [0.2, 0.25) is 0 Å². The predicted octanol–water partition coefficient (Wildman–Crippen LogP) is 2.90. The van der Waals surface area contributed by atoms with E-state index >= 15 is 0 Å². The van der Waals surface area contributed by atoms with Gasteiger partial charge in [-0.15, -0.1) is 0 Å². The van der Waals surface area contributed by atoms with E-state index in [1.165, 1.54) is 6.20 Å². The molecule has 20 heavy (non-hydrogen) atoms. The second kappa shape index (κ2) is 5.69. The van der Waals surface area contributed by atoms with Crippen LogP contribution in [0.2, 0.25) is 0 Å². The van der Waals surface area contributed by atoms with E-state index in [-0.39, 0.29) is 17.8 Å². The van der Waals surface area contributed by atoms with Gasteiger partial charge in [-0.3, -0.25) is 4.98 Å². The number of carbonyl (C=O) groups excluding carboxylic acids is 1. The fourth-order valence-electron chi connectivity index (χ4n) is 2.44. The maximum atomic E-state index is 12.0. The lowest BCUT2D eigenvalue weighted by molar-refractivity contribution is 0.0204. The van der Waals surface area contributed by atoms with Crippen molar-refractivity contribution in [3.8, 4) is 5.75 Å². The van der Waals surface area contributed by atoms with E-state index in [2.05, 4.69) is 4.98 Å². The Labute approximate surface area is 119 Å². The van der Waals surface area contributed by atoms with Crippen LogP contribution in [0.5, 0.6) is 5.75 Å². The summed E-state index contributed by atoms with van der Waals surface area (Å²) in [5, 5.41) is 9.82. The molecule has 110 valence electrons. The molecule has 0 atom stereocenters. The minimum absolute atomic E-state index is 0.239. The van der Waals surface area contributed by atoms with Crippen LogP contribution in [0.15, 0.2) is 18.5 Å². The number of piperidine rings is 1. The van der Waals surface area contributed by atoms with Crippen LogP contribution in [0.25, 0.3) is 0 Å². The highest BCUT2D eigenvalue weighted by Crippen LogP contribution is 2.33. The van der Waals surface area contributed by atoms with Gasteiger partial charge in [-0.2, -0.15) is 0 Å². The van der Waals surface area contributed by atoms with E-state index in [1.807, 2.05) is 26.8 Å². The molecular formula is C15H22N2O3. The number of rotatable bonds is 1. The smallest absolute Gasteiger partial charge is 0.410 e. The third-order valence-electron chi connectivity index (χ3n) is 3.42. The molecule has 1 amide bonds. The van der Waals surface area contributed by atoms with E-state index in [0.29, 0.717) is 13.1 Å². The number of carbonyl (C=O) groups is 1. The molecule has 1 fully saturated rings. The molecule has 5 heteroatoms. The Morgan fingerprint density at radius 3 is 2.60 bits per heavy atom. The maximum absolute atomic E-state index is 12.0. The third-order valence-corrected chi connectivity index (χ3v) is 3.42. The maximum Gasteiger partial charge on any atom is 0.410 e. The van der Waals surface area contributed by atoms with Gasteiger partial charge in [-0.1, -0.05) is 0 Å². The number of amides is 1. The largest absolute Gasteiger partial charge is 0.506 e. The molecule has 0 unspecified atom stereocenters. The van der Waals surface area contributed by atoms with Crippen LogP contribution in [0.3, 0.4) is 0 Å². The van der Waals surface area contributed by atoms with E-state index in [4.69, 9.17) is 4.74 Å². The third kappa shape index (κ3) is 3.62. The van der Waals surface area contributed by atoms with E-state index in [1.54, 1.807) is 11.1 Å². The minimum atomic E-state index is -0.461. The van der Waals surface area contributed by atoms with Crippen molar-refractivity contribution in [1.82, 2.24) is 9.88 Å². The highest BCUT2D eigenvalue weighted by molar-refractivity contribution is 5.68. The fourth-order valence-corrected chi connectivity index (χ4v) is 2.44. The van der Waals surface area contributed by atoms with E-state index < -0.39 is 5.60 Å². The van der Waals surface area contributed by atoms with Crippen molar-refractivity contribution in [2.75, 3.05) is 13.1 Å². The van der Waals surface area contributed by atoms with Crippen LogP contribution < -0.4 is 0 Å². The van der Waals surface area contributed by atoms with Crippen molar-refractivity contribution in [1.29, 1.82) is 0 Å². The fraction of sp³-hybridized carbons (Fsp3) is 0.600. The number of likely N-dealkylation sites (tertiary alicyclic amines) is 1. The highest BCUT2D eigenvalue weighted by Gasteiger charge is 2.28. The van der Waals surface area contributed by atoms with Crippen LogP contribution in [0.1, 0.15) is 45.1 Å². The molecule has 0 saturated carbocycles. The standard InChI is InChI=1S/C15H22N2O3/c1-15(2,3)20-14(19)17-8-5-11(6-9-17)12-4-7-16-10-13(12)18/h4,7,10-11,18H,5-6,8-9H2,1-3H3. The topological polar surface area (TPSA) is 62.7 Å².